The Kier molecular flexibility index (Phi) is 8.02. The molecule has 210 valence electrons. The van der Waals surface area contributed by atoms with Crippen molar-refractivity contribution in [1.29, 1.82) is 0 Å². The summed E-state index contributed by atoms with van der Waals surface area (Å²) >= 11 is 4.95. The molecule has 1 amide bonds. The van der Waals surface area contributed by atoms with E-state index in [1.54, 1.807) is 11.7 Å². The molecular weight excluding hydrogens is 600 g/mol. The van der Waals surface area contributed by atoms with Crippen molar-refractivity contribution >= 4 is 50.6 Å². The number of rotatable bonds is 6. The lowest BCUT2D eigenvalue weighted by Gasteiger charge is -2.25. The minimum Gasteiger partial charge on any atom is -0.497 e. The highest BCUT2D eigenvalue weighted by atomic mass is 79.9. The molecule has 0 spiro atoms. The monoisotopic (exact) mass is 630 g/mol. The fourth-order valence-electron chi connectivity index (χ4n) is 4.98. The van der Waals surface area contributed by atoms with E-state index in [1.807, 2.05) is 107 Å². The molecule has 41 heavy (non-hydrogen) atoms. The number of carbonyl (C=O) groups excluding carboxylic acids is 1. The van der Waals surface area contributed by atoms with Crippen LogP contribution >= 0.6 is 27.3 Å². The van der Waals surface area contributed by atoms with Gasteiger partial charge in [-0.15, -0.1) is 0 Å². The first-order valence-corrected chi connectivity index (χ1v) is 14.7. The molecule has 9 heteroatoms. The molecule has 0 aliphatic carbocycles. The summed E-state index contributed by atoms with van der Waals surface area (Å²) in [6, 6.07) is 18.7. The fraction of sp³-hybridized carbons (Fsp3) is 0.219. The van der Waals surface area contributed by atoms with E-state index in [0.717, 1.165) is 38.1 Å². The van der Waals surface area contributed by atoms with Gasteiger partial charge >= 0.3 is 0 Å². The number of fused-ring (bicyclic) bond motifs is 1. The Morgan fingerprint density at radius 1 is 1.07 bits per heavy atom. The van der Waals surface area contributed by atoms with Crippen LogP contribution in [0, 0.1) is 13.8 Å². The molecule has 0 unspecified atom stereocenters. The van der Waals surface area contributed by atoms with Crippen LogP contribution in [0.15, 0.2) is 86.2 Å². The van der Waals surface area contributed by atoms with Crippen molar-refractivity contribution in [3.63, 3.8) is 0 Å². The lowest BCUT2D eigenvalue weighted by atomic mass is 9.95. The summed E-state index contributed by atoms with van der Waals surface area (Å²) < 4.78 is 8.46. The zero-order chi connectivity index (χ0) is 29.4. The number of allylic oxidation sites excluding steroid dienone is 1. The van der Waals surface area contributed by atoms with Crippen LogP contribution in [0.3, 0.4) is 0 Å². The summed E-state index contributed by atoms with van der Waals surface area (Å²) in [6.07, 6.45) is 1.87. The molecule has 1 atom stereocenters. The highest BCUT2D eigenvalue weighted by Gasteiger charge is 2.32. The highest BCUT2D eigenvalue weighted by Crippen LogP contribution is 2.32. The van der Waals surface area contributed by atoms with Gasteiger partial charge in [0.25, 0.3) is 11.5 Å². The van der Waals surface area contributed by atoms with Gasteiger partial charge in [-0.25, -0.2) is 4.99 Å². The number of aryl methyl sites for hydroxylation is 2. The number of amides is 1. The average Bonchev–Trinajstić information content (AvgIpc) is 3.23. The van der Waals surface area contributed by atoms with E-state index in [0.29, 0.717) is 26.4 Å². The summed E-state index contributed by atoms with van der Waals surface area (Å²) in [5.41, 5.74) is 6.30. The number of carbonyl (C=O) groups is 1. The highest BCUT2D eigenvalue weighted by molar-refractivity contribution is 9.10. The molecule has 1 aromatic heterocycles. The van der Waals surface area contributed by atoms with E-state index >= 15 is 0 Å². The third kappa shape index (κ3) is 5.64. The zero-order valence-electron chi connectivity index (χ0n) is 23.8. The van der Waals surface area contributed by atoms with Gasteiger partial charge in [-0.3, -0.25) is 14.2 Å². The van der Waals surface area contributed by atoms with Crippen LogP contribution < -0.4 is 29.8 Å². The van der Waals surface area contributed by atoms with Gasteiger partial charge in [0.05, 0.1) is 34.6 Å². The summed E-state index contributed by atoms with van der Waals surface area (Å²) in [5, 5.41) is 3.07. The molecule has 0 fully saturated rings. The second kappa shape index (κ2) is 11.5. The van der Waals surface area contributed by atoms with E-state index in [-0.39, 0.29) is 11.5 Å². The molecule has 1 aliphatic heterocycles. The molecule has 1 N–H and O–H groups in total. The van der Waals surface area contributed by atoms with Crippen LogP contribution in [0.5, 0.6) is 5.75 Å². The number of anilines is 2. The van der Waals surface area contributed by atoms with Gasteiger partial charge in [0.15, 0.2) is 4.80 Å². The van der Waals surface area contributed by atoms with Crippen molar-refractivity contribution in [2.24, 2.45) is 4.99 Å². The largest absolute Gasteiger partial charge is 0.497 e. The van der Waals surface area contributed by atoms with Crippen molar-refractivity contribution in [2.45, 2.75) is 26.8 Å². The number of nitrogens with one attached hydrogen (secondary N) is 1. The first kappa shape index (κ1) is 28.6. The Morgan fingerprint density at radius 3 is 2.44 bits per heavy atom. The minimum absolute atomic E-state index is 0.202. The maximum Gasteiger partial charge on any atom is 0.271 e. The first-order valence-electron chi connectivity index (χ1n) is 13.1. The fourth-order valence-corrected chi connectivity index (χ4v) is 6.78. The predicted octanol–water partition coefficient (Wildman–Crippen LogP) is 5.33. The van der Waals surface area contributed by atoms with Crippen LogP contribution in [-0.2, 0) is 4.79 Å². The molecule has 5 rings (SSSR count). The van der Waals surface area contributed by atoms with E-state index in [2.05, 4.69) is 21.2 Å². The van der Waals surface area contributed by atoms with Gasteiger partial charge in [-0.05, 0) is 89.8 Å². The van der Waals surface area contributed by atoms with Crippen molar-refractivity contribution in [3.05, 3.63) is 118 Å². The van der Waals surface area contributed by atoms with Gasteiger partial charge in [0.2, 0.25) is 0 Å². The Bertz CT molecular complexity index is 1870. The third-order valence-electron chi connectivity index (χ3n) is 7.08. The van der Waals surface area contributed by atoms with Gasteiger partial charge < -0.3 is 15.0 Å². The van der Waals surface area contributed by atoms with Crippen LogP contribution in [0.1, 0.15) is 35.2 Å². The quantitative estimate of drug-likeness (QED) is 0.313. The number of thiazole rings is 1. The van der Waals surface area contributed by atoms with Crippen molar-refractivity contribution in [1.82, 2.24) is 4.57 Å². The van der Waals surface area contributed by atoms with E-state index in [1.165, 1.54) is 11.3 Å². The van der Waals surface area contributed by atoms with E-state index in [9.17, 15) is 9.59 Å². The summed E-state index contributed by atoms with van der Waals surface area (Å²) in [4.78, 5) is 35.2. The second-order valence-corrected chi connectivity index (χ2v) is 12.1. The van der Waals surface area contributed by atoms with Crippen LogP contribution in [0.2, 0.25) is 0 Å². The number of halogens is 1. The number of hydrogen-bond acceptors (Lipinski definition) is 6. The molecule has 7 nitrogen and oxygen atoms in total. The molecule has 1 aliphatic rings. The molecular formula is C32H31BrN4O3S. The number of ether oxygens (including phenoxy) is 1. The van der Waals surface area contributed by atoms with Crippen molar-refractivity contribution in [3.8, 4) is 5.75 Å². The topological polar surface area (TPSA) is 75.9 Å². The Labute approximate surface area is 251 Å². The smallest absolute Gasteiger partial charge is 0.271 e. The van der Waals surface area contributed by atoms with Crippen molar-refractivity contribution in [2.75, 3.05) is 31.4 Å². The second-order valence-electron chi connectivity index (χ2n) is 10.2. The lowest BCUT2D eigenvalue weighted by Crippen LogP contribution is -2.40. The standard InChI is InChI=1S/C32H31BrN4O3S/c1-18-7-13-25(19(2)15-18)35-30(38)28-20(3)34-32-37(29(28)22-9-11-23(40-6)12-10-22)31(39)27(41-32)17-21-8-14-26(36(4)5)24(33)16-21/h7-17,29H,1-6H3,(H,35,38)/b27-17+/t29-/m0/s1. The summed E-state index contributed by atoms with van der Waals surface area (Å²) in [7, 11) is 5.56. The van der Waals surface area contributed by atoms with Gasteiger partial charge in [-0.1, -0.05) is 47.2 Å². The first-order chi connectivity index (χ1) is 19.6. The maximum absolute atomic E-state index is 14.0. The zero-order valence-corrected chi connectivity index (χ0v) is 26.2. The normalized spacial score (nSPS) is 14.9. The molecule has 4 aromatic rings. The summed E-state index contributed by atoms with van der Waals surface area (Å²) in [5.74, 6) is 0.395. The minimum atomic E-state index is -0.659. The molecule has 0 saturated heterocycles. The lowest BCUT2D eigenvalue weighted by molar-refractivity contribution is -0.113. The molecule has 0 radical (unpaired) electrons. The predicted molar refractivity (Wildman–Crippen MR) is 170 cm³/mol. The SMILES string of the molecule is COc1ccc([C@H]2C(C(=O)Nc3ccc(C)cc3C)=C(C)N=c3s/c(=C/c4ccc(N(C)C)c(Br)c4)c(=O)n32)cc1. The molecule has 0 saturated carbocycles. The van der Waals surface area contributed by atoms with Gasteiger partial charge in [0, 0.05) is 24.3 Å². The Hall–Kier alpha value is -3.95. The van der Waals surface area contributed by atoms with Crippen molar-refractivity contribution < 1.29 is 9.53 Å². The van der Waals surface area contributed by atoms with Crippen LogP contribution in [-0.4, -0.2) is 31.7 Å². The number of hydrogen-bond donors (Lipinski definition) is 1. The van der Waals surface area contributed by atoms with Gasteiger partial charge in [0.1, 0.15) is 5.75 Å². The third-order valence-corrected chi connectivity index (χ3v) is 8.70. The summed E-state index contributed by atoms with van der Waals surface area (Å²) in [6.45, 7) is 5.80. The average molecular weight is 632 g/mol. The Morgan fingerprint density at radius 2 is 1.80 bits per heavy atom. The Balaban J connectivity index is 1.65. The molecule has 2 heterocycles. The molecule has 0 bridgehead atoms. The van der Waals surface area contributed by atoms with E-state index in [4.69, 9.17) is 9.73 Å². The maximum atomic E-state index is 14.0. The van der Waals surface area contributed by atoms with E-state index < -0.39 is 6.04 Å². The number of methoxy groups -OCH3 is 1. The van der Waals surface area contributed by atoms with Crippen LogP contribution in [0.4, 0.5) is 11.4 Å². The van der Waals surface area contributed by atoms with Crippen LogP contribution in [0.25, 0.3) is 6.08 Å². The van der Waals surface area contributed by atoms with Gasteiger partial charge in [-0.2, -0.15) is 0 Å². The number of nitrogens with zero attached hydrogens (tertiary/aromatic N) is 3. The number of aromatic nitrogens is 1. The molecule has 3 aromatic carbocycles. The number of benzene rings is 3.